The third-order valence-electron chi connectivity index (χ3n) is 2.19. The van der Waals surface area contributed by atoms with Crippen molar-refractivity contribution in [2.24, 2.45) is 0 Å². The fraction of sp³-hybridized carbons (Fsp3) is 0.571. The number of carboxylic acid groups (broad SMARTS) is 1. The van der Waals surface area contributed by atoms with E-state index in [1.807, 2.05) is 6.92 Å². The summed E-state index contributed by atoms with van der Waals surface area (Å²) >= 11 is 0. The van der Waals surface area contributed by atoms with Crippen LogP contribution < -0.4 is 0 Å². The van der Waals surface area contributed by atoms with Gasteiger partial charge in [-0.1, -0.05) is 39.7 Å². The number of unbranched alkanes of at least 4 members (excludes halogenated alkanes) is 3. The predicted octanol–water partition coefficient (Wildman–Crippen LogP) is 3.22. The molecule has 0 bridgehead atoms. The average Bonchev–Trinajstić information content (AvgIpc) is 2.37. The van der Waals surface area contributed by atoms with E-state index in [0.29, 0.717) is 18.6 Å². The van der Waals surface area contributed by atoms with E-state index in [4.69, 9.17) is 14.9 Å². The second-order valence-corrected chi connectivity index (χ2v) is 3.91. The van der Waals surface area contributed by atoms with Crippen LogP contribution >= 0.6 is 0 Å². The van der Waals surface area contributed by atoms with E-state index in [1.165, 1.54) is 12.8 Å². The zero-order chi connectivity index (χ0) is 15.3. The topological polar surface area (TPSA) is 83.8 Å². The summed E-state index contributed by atoms with van der Waals surface area (Å²) < 4.78 is 5.00. The van der Waals surface area contributed by atoms with Crippen LogP contribution in [0.1, 0.15) is 46.0 Å². The lowest BCUT2D eigenvalue weighted by molar-refractivity contribution is -0.139. The van der Waals surface area contributed by atoms with Crippen LogP contribution in [0.3, 0.4) is 0 Å². The van der Waals surface area contributed by atoms with Gasteiger partial charge in [-0.2, -0.15) is 0 Å². The minimum atomic E-state index is -1.38. The molecule has 0 atom stereocenters. The molecule has 0 aliphatic carbocycles. The molecular formula is C14H24O5. The van der Waals surface area contributed by atoms with Crippen LogP contribution in [0.25, 0.3) is 0 Å². The number of hydrogen-bond acceptors (Lipinski definition) is 4. The Bertz CT molecular complexity index is 295. The normalized spacial score (nSPS) is 8.95. The number of hydrogen-bond donors (Lipinski definition) is 2. The monoisotopic (exact) mass is 272 g/mol. The minimum Gasteiger partial charge on any atom is -0.502 e. The van der Waals surface area contributed by atoms with Crippen molar-refractivity contribution < 1.29 is 24.5 Å². The van der Waals surface area contributed by atoms with Crippen molar-refractivity contribution in [1.29, 1.82) is 0 Å². The van der Waals surface area contributed by atoms with E-state index in [1.54, 1.807) is 0 Å². The van der Waals surface area contributed by atoms with Gasteiger partial charge in [0.1, 0.15) is 0 Å². The number of aliphatic carboxylic acids is 1. The number of ether oxygens (including phenoxy) is 1. The lowest BCUT2D eigenvalue weighted by Gasteiger charge is -2.04. The van der Waals surface area contributed by atoms with Crippen LogP contribution in [0.5, 0.6) is 0 Å². The SMILES string of the molecule is C=C(CC)C(=O)OCCCCCC.C=C(O)C(=O)O. The van der Waals surface area contributed by atoms with Crippen molar-refractivity contribution in [3.63, 3.8) is 0 Å². The van der Waals surface area contributed by atoms with Crippen molar-refractivity contribution in [3.8, 4) is 0 Å². The van der Waals surface area contributed by atoms with Gasteiger partial charge in [0.25, 0.3) is 0 Å². The maximum absolute atomic E-state index is 11.1. The molecule has 19 heavy (non-hydrogen) atoms. The van der Waals surface area contributed by atoms with E-state index >= 15 is 0 Å². The first kappa shape index (κ1) is 19.6. The molecule has 0 aliphatic heterocycles. The molecule has 5 heteroatoms. The summed E-state index contributed by atoms with van der Waals surface area (Å²) in [5.41, 5.74) is 0.565. The summed E-state index contributed by atoms with van der Waals surface area (Å²) in [7, 11) is 0. The first-order valence-corrected chi connectivity index (χ1v) is 6.32. The summed E-state index contributed by atoms with van der Waals surface area (Å²) in [4.78, 5) is 20.4. The third-order valence-corrected chi connectivity index (χ3v) is 2.19. The molecule has 0 saturated heterocycles. The fourth-order valence-corrected chi connectivity index (χ4v) is 0.940. The highest BCUT2D eigenvalue weighted by Gasteiger charge is 2.04. The van der Waals surface area contributed by atoms with Crippen LogP contribution in [-0.4, -0.2) is 28.8 Å². The Kier molecular flexibility index (Phi) is 13.0. The summed E-state index contributed by atoms with van der Waals surface area (Å²) in [6.45, 7) is 10.9. The Hall–Kier alpha value is -1.78. The summed E-state index contributed by atoms with van der Waals surface area (Å²) in [6, 6.07) is 0. The number of carboxylic acids is 1. The number of carbonyl (C=O) groups excluding carboxylic acids is 1. The van der Waals surface area contributed by atoms with Gasteiger partial charge in [0.2, 0.25) is 0 Å². The molecule has 0 fully saturated rings. The van der Waals surface area contributed by atoms with E-state index in [2.05, 4.69) is 20.1 Å². The number of aliphatic hydroxyl groups excluding tert-OH is 1. The molecule has 0 heterocycles. The highest BCUT2D eigenvalue weighted by atomic mass is 16.5. The van der Waals surface area contributed by atoms with Crippen molar-refractivity contribution >= 4 is 11.9 Å². The van der Waals surface area contributed by atoms with Crippen molar-refractivity contribution in [3.05, 3.63) is 24.5 Å². The maximum Gasteiger partial charge on any atom is 0.370 e. The smallest absolute Gasteiger partial charge is 0.370 e. The molecule has 0 saturated carbocycles. The Labute approximate surface area is 114 Å². The first-order chi connectivity index (χ1) is 8.86. The lowest BCUT2D eigenvalue weighted by atomic mass is 10.2. The zero-order valence-electron chi connectivity index (χ0n) is 11.8. The highest BCUT2D eigenvalue weighted by molar-refractivity contribution is 5.87. The summed E-state index contributed by atoms with van der Waals surface area (Å²) in [6.07, 6.45) is 5.20. The van der Waals surface area contributed by atoms with Gasteiger partial charge in [0.05, 0.1) is 6.61 Å². The average molecular weight is 272 g/mol. The van der Waals surface area contributed by atoms with Crippen LogP contribution in [0.2, 0.25) is 0 Å². The van der Waals surface area contributed by atoms with Gasteiger partial charge in [0, 0.05) is 5.57 Å². The first-order valence-electron chi connectivity index (χ1n) is 6.32. The van der Waals surface area contributed by atoms with Crippen molar-refractivity contribution in [1.82, 2.24) is 0 Å². The Morgan fingerprint density at radius 2 is 1.58 bits per heavy atom. The van der Waals surface area contributed by atoms with Gasteiger partial charge in [-0.3, -0.25) is 0 Å². The van der Waals surface area contributed by atoms with Crippen molar-refractivity contribution in [2.45, 2.75) is 46.0 Å². The molecule has 0 spiro atoms. The van der Waals surface area contributed by atoms with E-state index in [0.717, 1.165) is 12.8 Å². The van der Waals surface area contributed by atoms with E-state index in [-0.39, 0.29) is 5.97 Å². The minimum absolute atomic E-state index is 0.237. The number of aliphatic hydroxyl groups is 1. The lowest BCUT2D eigenvalue weighted by Crippen LogP contribution is -2.07. The quantitative estimate of drug-likeness (QED) is 0.307. The zero-order valence-corrected chi connectivity index (χ0v) is 11.8. The predicted molar refractivity (Wildman–Crippen MR) is 73.9 cm³/mol. The van der Waals surface area contributed by atoms with Crippen molar-refractivity contribution in [2.75, 3.05) is 6.61 Å². The van der Waals surface area contributed by atoms with Gasteiger partial charge in [-0.05, 0) is 19.4 Å². The number of esters is 1. The second-order valence-electron chi connectivity index (χ2n) is 3.91. The molecule has 5 nitrogen and oxygen atoms in total. The molecule has 0 amide bonds. The molecule has 0 aromatic heterocycles. The highest BCUT2D eigenvalue weighted by Crippen LogP contribution is 2.03. The standard InChI is InChI=1S/C11H20O2.C3H4O3/c1-4-6-7-8-9-13-11(12)10(3)5-2;1-2(4)3(5)6/h3-9H2,1-2H3;4H,1H2,(H,5,6). The summed E-state index contributed by atoms with van der Waals surface area (Å²) in [5.74, 6) is -2.44. The Morgan fingerprint density at radius 3 is 1.95 bits per heavy atom. The third kappa shape index (κ3) is 14.2. The molecule has 2 N–H and O–H groups in total. The molecule has 0 radical (unpaired) electrons. The molecule has 0 rings (SSSR count). The molecule has 110 valence electrons. The molecule has 0 aliphatic rings. The summed E-state index contributed by atoms with van der Waals surface area (Å²) in [5, 5.41) is 15.5. The van der Waals surface area contributed by atoms with Gasteiger partial charge in [-0.15, -0.1) is 0 Å². The van der Waals surface area contributed by atoms with E-state index in [9.17, 15) is 9.59 Å². The fourth-order valence-electron chi connectivity index (χ4n) is 0.940. The van der Waals surface area contributed by atoms with Crippen LogP contribution in [0.4, 0.5) is 0 Å². The second kappa shape index (κ2) is 12.7. The van der Waals surface area contributed by atoms with Gasteiger partial charge in [-0.25, -0.2) is 9.59 Å². The van der Waals surface area contributed by atoms with Gasteiger partial charge in [0.15, 0.2) is 5.76 Å². The Balaban J connectivity index is 0. The van der Waals surface area contributed by atoms with Gasteiger partial charge >= 0.3 is 11.9 Å². The van der Waals surface area contributed by atoms with Gasteiger partial charge < -0.3 is 14.9 Å². The van der Waals surface area contributed by atoms with Crippen LogP contribution in [0.15, 0.2) is 24.5 Å². The number of rotatable bonds is 8. The number of carbonyl (C=O) groups is 2. The van der Waals surface area contributed by atoms with Crippen LogP contribution in [0, 0.1) is 0 Å². The molecule has 0 unspecified atom stereocenters. The molecule has 0 aromatic carbocycles. The molecule has 0 aromatic rings. The molecular weight excluding hydrogens is 248 g/mol. The largest absolute Gasteiger partial charge is 0.502 e. The maximum atomic E-state index is 11.1. The van der Waals surface area contributed by atoms with Crippen LogP contribution in [-0.2, 0) is 14.3 Å². The van der Waals surface area contributed by atoms with E-state index < -0.39 is 11.7 Å². The Morgan fingerprint density at radius 1 is 1.05 bits per heavy atom.